The summed E-state index contributed by atoms with van der Waals surface area (Å²) in [4.78, 5) is 32.2. The van der Waals surface area contributed by atoms with E-state index in [1.165, 1.54) is 0 Å². The molecule has 0 spiro atoms. The minimum absolute atomic E-state index is 0.0990. The van der Waals surface area contributed by atoms with Crippen LogP contribution < -0.4 is 4.74 Å². The lowest BCUT2D eigenvalue weighted by molar-refractivity contribution is -0.142. The molecule has 2 aliphatic rings. The van der Waals surface area contributed by atoms with Crippen LogP contribution in [0.3, 0.4) is 0 Å². The zero-order valence-electron chi connectivity index (χ0n) is 19.2. The molecular formula is C26H32ClN3O3. The number of nitrogens with zero attached hydrogens (tertiary/aromatic N) is 3. The van der Waals surface area contributed by atoms with Crippen molar-refractivity contribution in [2.45, 2.75) is 25.8 Å². The first kappa shape index (κ1) is 23.6. The van der Waals surface area contributed by atoms with E-state index in [0.29, 0.717) is 31.1 Å². The summed E-state index contributed by atoms with van der Waals surface area (Å²) in [5, 5.41) is 0.697. The lowest BCUT2D eigenvalue weighted by atomic mass is 9.95. The predicted molar refractivity (Wildman–Crippen MR) is 129 cm³/mol. The lowest BCUT2D eigenvalue weighted by Crippen LogP contribution is -2.52. The number of benzene rings is 2. The molecule has 1 unspecified atom stereocenters. The van der Waals surface area contributed by atoms with Gasteiger partial charge >= 0.3 is 0 Å². The van der Waals surface area contributed by atoms with Crippen LogP contribution in [0.2, 0.25) is 5.02 Å². The van der Waals surface area contributed by atoms with Crippen LogP contribution in [0, 0.1) is 5.92 Å². The molecule has 176 valence electrons. The first-order chi connectivity index (χ1) is 16.0. The Morgan fingerprint density at radius 3 is 2.48 bits per heavy atom. The number of hydrogen-bond acceptors (Lipinski definition) is 4. The van der Waals surface area contributed by atoms with Crippen LogP contribution >= 0.6 is 11.6 Å². The van der Waals surface area contributed by atoms with E-state index in [9.17, 15) is 9.59 Å². The Morgan fingerprint density at radius 1 is 1.00 bits per heavy atom. The Hall–Kier alpha value is -2.57. The van der Waals surface area contributed by atoms with Crippen molar-refractivity contribution in [3.8, 4) is 5.75 Å². The van der Waals surface area contributed by atoms with Gasteiger partial charge in [0, 0.05) is 56.4 Å². The molecule has 2 aromatic carbocycles. The van der Waals surface area contributed by atoms with Gasteiger partial charge in [0.1, 0.15) is 5.75 Å². The van der Waals surface area contributed by atoms with Gasteiger partial charge in [-0.25, -0.2) is 0 Å². The maximum Gasteiger partial charge on any atom is 0.227 e. The normalized spacial score (nSPS) is 19.4. The number of methoxy groups -OCH3 is 1. The Kier molecular flexibility index (Phi) is 7.89. The molecule has 2 saturated heterocycles. The summed E-state index contributed by atoms with van der Waals surface area (Å²) in [6.45, 7) is 5.05. The van der Waals surface area contributed by atoms with Crippen molar-refractivity contribution < 1.29 is 14.3 Å². The Bertz CT molecular complexity index is 961. The third kappa shape index (κ3) is 6.06. The molecule has 0 radical (unpaired) electrons. The third-order valence-corrected chi connectivity index (χ3v) is 6.88. The van der Waals surface area contributed by atoms with Crippen molar-refractivity contribution in [1.29, 1.82) is 0 Å². The number of carbonyl (C=O) groups excluding carboxylic acids is 2. The molecule has 4 rings (SSSR count). The van der Waals surface area contributed by atoms with Crippen LogP contribution in [0.15, 0.2) is 48.5 Å². The highest BCUT2D eigenvalue weighted by Crippen LogP contribution is 2.25. The standard InChI is InChI=1S/C26H32ClN3O3/c1-33-24-10-9-23(27)17-22(24)18-28-12-14-29(15-13-28)26(32)21-8-5-11-30(19-21)25(31)16-20-6-3-2-4-7-20/h2-4,6-7,9-10,17,21H,5,8,11-16,18-19H2,1H3. The lowest BCUT2D eigenvalue weighted by Gasteiger charge is -2.39. The molecule has 0 aromatic heterocycles. The number of hydrogen-bond donors (Lipinski definition) is 0. The maximum absolute atomic E-state index is 13.2. The fourth-order valence-corrected chi connectivity index (χ4v) is 4.98. The topological polar surface area (TPSA) is 53.1 Å². The second-order valence-electron chi connectivity index (χ2n) is 8.90. The van der Waals surface area contributed by atoms with E-state index >= 15 is 0 Å². The largest absolute Gasteiger partial charge is 0.496 e. The third-order valence-electron chi connectivity index (χ3n) is 6.64. The van der Waals surface area contributed by atoms with Crippen LogP contribution in [-0.4, -0.2) is 72.9 Å². The van der Waals surface area contributed by atoms with E-state index in [-0.39, 0.29) is 17.7 Å². The van der Waals surface area contributed by atoms with Gasteiger partial charge in [0.05, 0.1) is 19.4 Å². The molecule has 0 aliphatic carbocycles. The van der Waals surface area contributed by atoms with Gasteiger partial charge in [-0.3, -0.25) is 14.5 Å². The van der Waals surface area contributed by atoms with Gasteiger partial charge in [-0.2, -0.15) is 0 Å². The second-order valence-corrected chi connectivity index (χ2v) is 9.34. The first-order valence-corrected chi connectivity index (χ1v) is 12.1. The second kappa shape index (κ2) is 11.0. The minimum atomic E-state index is -0.0990. The van der Waals surface area contributed by atoms with E-state index < -0.39 is 0 Å². The summed E-state index contributed by atoms with van der Waals surface area (Å²) >= 11 is 6.17. The quantitative estimate of drug-likeness (QED) is 0.650. The van der Waals surface area contributed by atoms with E-state index in [0.717, 1.165) is 55.9 Å². The maximum atomic E-state index is 13.2. The van der Waals surface area contributed by atoms with Crippen molar-refractivity contribution >= 4 is 23.4 Å². The van der Waals surface area contributed by atoms with E-state index in [1.54, 1.807) is 7.11 Å². The van der Waals surface area contributed by atoms with Crippen molar-refractivity contribution in [2.75, 3.05) is 46.4 Å². The highest BCUT2D eigenvalue weighted by Gasteiger charge is 2.32. The highest BCUT2D eigenvalue weighted by molar-refractivity contribution is 6.30. The average molecular weight is 470 g/mol. The number of piperazine rings is 1. The van der Waals surface area contributed by atoms with Crippen LogP contribution in [0.4, 0.5) is 0 Å². The van der Waals surface area contributed by atoms with Gasteiger partial charge in [0.2, 0.25) is 11.8 Å². The molecule has 2 aliphatic heterocycles. The number of rotatable bonds is 6. The molecule has 0 N–H and O–H groups in total. The van der Waals surface area contributed by atoms with Crippen LogP contribution in [0.25, 0.3) is 0 Å². The minimum Gasteiger partial charge on any atom is -0.496 e. The van der Waals surface area contributed by atoms with Gasteiger partial charge < -0.3 is 14.5 Å². The van der Waals surface area contributed by atoms with E-state index in [1.807, 2.05) is 58.3 Å². The molecular weight excluding hydrogens is 438 g/mol. The van der Waals surface area contributed by atoms with Crippen molar-refractivity contribution in [3.63, 3.8) is 0 Å². The molecule has 2 heterocycles. The van der Waals surface area contributed by atoms with Crippen molar-refractivity contribution in [1.82, 2.24) is 14.7 Å². The van der Waals surface area contributed by atoms with E-state index in [4.69, 9.17) is 16.3 Å². The molecule has 2 fully saturated rings. The van der Waals surface area contributed by atoms with Gasteiger partial charge in [0.25, 0.3) is 0 Å². The molecule has 2 aromatic rings. The smallest absolute Gasteiger partial charge is 0.227 e. The Labute approximate surface area is 201 Å². The zero-order chi connectivity index (χ0) is 23.2. The van der Waals surface area contributed by atoms with Crippen molar-refractivity contribution in [2.24, 2.45) is 5.92 Å². The van der Waals surface area contributed by atoms with Gasteiger partial charge in [0.15, 0.2) is 0 Å². The van der Waals surface area contributed by atoms with Crippen LogP contribution in [0.1, 0.15) is 24.0 Å². The first-order valence-electron chi connectivity index (χ1n) is 11.7. The summed E-state index contributed by atoms with van der Waals surface area (Å²) in [6, 6.07) is 15.5. The van der Waals surface area contributed by atoms with Crippen LogP contribution in [-0.2, 0) is 22.6 Å². The Morgan fingerprint density at radius 2 is 1.76 bits per heavy atom. The number of piperidine rings is 1. The number of halogens is 1. The van der Waals surface area contributed by atoms with Crippen molar-refractivity contribution in [3.05, 3.63) is 64.7 Å². The summed E-state index contributed by atoms with van der Waals surface area (Å²) in [5.41, 5.74) is 2.08. The molecule has 7 heteroatoms. The molecule has 0 saturated carbocycles. The zero-order valence-corrected chi connectivity index (χ0v) is 20.0. The molecule has 0 bridgehead atoms. The summed E-state index contributed by atoms with van der Waals surface area (Å²) in [7, 11) is 1.67. The highest BCUT2D eigenvalue weighted by atomic mass is 35.5. The van der Waals surface area contributed by atoms with E-state index in [2.05, 4.69) is 4.90 Å². The molecule has 2 amide bonds. The number of amides is 2. The number of ether oxygens (including phenoxy) is 1. The molecule has 33 heavy (non-hydrogen) atoms. The SMILES string of the molecule is COc1ccc(Cl)cc1CN1CCN(C(=O)C2CCCN(C(=O)Cc3ccccc3)C2)CC1. The fraction of sp³-hybridized carbons (Fsp3) is 0.462. The number of carbonyl (C=O) groups is 2. The monoisotopic (exact) mass is 469 g/mol. The molecule has 6 nitrogen and oxygen atoms in total. The summed E-state index contributed by atoms with van der Waals surface area (Å²) < 4.78 is 5.47. The Balaban J connectivity index is 1.28. The average Bonchev–Trinajstić information content (AvgIpc) is 2.85. The van der Waals surface area contributed by atoms with Gasteiger partial charge in [-0.15, -0.1) is 0 Å². The summed E-state index contributed by atoms with van der Waals surface area (Å²) in [5.74, 6) is 1.03. The molecule has 1 atom stereocenters. The van der Waals surface area contributed by atoms with Gasteiger partial charge in [-0.1, -0.05) is 41.9 Å². The number of likely N-dealkylation sites (tertiary alicyclic amines) is 1. The summed E-state index contributed by atoms with van der Waals surface area (Å²) in [6.07, 6.45) is 2.13. The fourth-order valence-electron chi connectivity index (χ4n) is 4.78. The predicted octanol–water partition coefficient (Wildman–Crippen LogP) is 3.47. The van der Waals surface area contributed by atoms with Crippen LogP contribution in [0.5, 0.6) is 5.75 Å². The van der Waals surface area contributed by atoms with Gasteiger partial charge in [-0.05, 0) is 36.6 Å².